The molecule has 218 valence electrons. The standard InChI is InChI=1S/C31H54N2O5/c1-23(2)31(24(3)4,29(35)33-22-30(5,6)28(34)32-7)18-13-11-10-12-15-25-16-17-26(37-9)27(21-25)38-20-14-19-36-8/h16-17,21,23-24H,10-15,18-20,22H2,1-9H3,(H,32,34)(H,33,35). The number of rotatable bonds is 19. The van der Waals surface area contributed by atoms with Gasteiger partial charge in [-0.3, -0.25) is 9.59 Å². The zero-order valence-corrected chi connectivity index (χ0v) is 25.5. The Hall–Kier alpha value is -2.28. The Morgan fingerprint density at radius 1 is 0.868 bits per heavy atom. The van der Waals surface area contributed by atoms with Gasteiger partial charge >= 0.3 is 0 Å². The van der Waals surface area contributed by atoms with Crippen LogP contribution in [0.15, 0.2) is 18.2 Å². The molecule has 1 aromatic rings. The number of benzene rings is 1. The Balaban J connectivity index is 2.66. The summed E-state index contributed by atoms with van der Waals surface area (Å²) < 4.78 is 16.5. The van der Waals surface area contributed by atoms with E-state index in [9.17, 15) is 9.59 Å². The first-order chi connectivity index (χ1) is 18.0. The third kappa shape index (κ3) is 9.79. The Morgan fingerprint density at radius 2 is 1.53 bits per heavy atom. The highest BCUT2D eigenvalue weighted by molar-refractivity contribution is 5.85. The van der Waals surface area contributed by atoms with E-state index in [1.165, 1.54) is 5.56 Å². The molecule has 0 aromatic heterocycles. The zero-order valence-electron chi connectivity index (χ0n) is 25.5. The van der Waals surface area contributed by atoms with E-state index in [4.69, 9.17) is 14.2 Å². The van der Waals surface area contributed by atoms with Crippen molar-refractivity contribution in [2.24, 2.45) is 22.7 Å². The maximum atomic E-state index is 13.5. The van der Waals surface area contributed by atoms with Gasteiger partial charge in [-0.25, -0.2) is 0 Å². The molecule has 0 radical (unpaired) electrons. The van der Waals surface area contributed by atoms with Crippen LogP contribution in [-0.4, -0.2) is 52.8 Å². The second-order valence-corrected chi connectivity index (χ2v) is 11.6. The van der Waals surface area contributed by atoms with E-state index < -0.39 is 10.8 Å². The fourth-order valence-electron chi connectivity index (χ4n) is 5.24. The number of nitrogens with one attached hydrogen (secondary N) is 2. The Bertz CT molecular complexity index is 843. The van der Waals surface area contributed by atoms with Gasteiger partial charge < -0.3 is 24.8 Å². The molecule has 0 saturated heterocycles. The van der Waals surface area contributed by atoms with Gasteiger partial charge in [-0.2, -0.15) is 0 Å². The smallest absolute Gasteiger partial charge is 0.227 e. The Morgan fingerprint density at radius 3 is 2.11 bits per heavy atom. The average Bonchev–Trinajstić information content (AvgIpc) is 2.88. The minimum atomic E-state index is -0.652. The van der Waals surface area contributed by atoms with Gasteiger partial charge in [-0.1, -0.05) is 53.0 Å². The SMILES string of the molecule is CNC(=O)C(C)(C)CNC(=O)C(CCCCCCc1ccc(OC)c(OCCCOC)c1)(C(C)C)C(C)C. The molecule has 0 atom stereocenters. The second-order valence-electron chi connectivity index (χ2n) is 11.6. The number of aryl methyl sites for hydroxylation is 1. The molecule has 0 unspecified atom stereocenters. The highest BCUT2D eigenvalue weighted by atomic mass is 16.5. The van der Waals surface area contributed by atoms with Crippen LogP contribution >= 0.6 is 0 Å². The minimum absolute atomic E-state index is 0.0655. The lowest BCUT2D eigenvalue weighted by Crippen LogP contribution is -2.52. The van der Waals surface area contributed by atoms with Gasteiger partial charge in [0.25, 0.3) is 0 Å². The summed E-state index contributed by atoms with van der Waals surface area (Å²) in [6, 6.07) is 6.16. The molecule has 0 spiro atoms. The number of amides is 2. The fourth-order valence-corrected chi connectivity index (χ4v) is 5.24. The van der Waals surface area contributed by atoms with E-state index in [0.717, 1.165) is 56.4 Å². The molecule has 0 aliphatic carbocycles. The number of hydrogen-bond acceptors (Lipinski definition) is 5. The third-order valence-electron chi connectivity index (χ3n) is 7.80. The van der Waals surface area contributed by atoms with Crippen molar-refractivity contribution in [1.82, 2.24) is 10.6 Å². The van der Waals surface area contributed by atoms with E-state index in [1.54, 1.807) is 21.3 Å². The summed E-state index contributed by atoms with van der Waals surface area (Å²) in [6.45, 7) is 13.9. The molecule has 1 rings (SSSR count). The predicted molar refractivity (Wildman–Crippen MR) is 155 cm³/mol. The van der Waals surface area contributed by atoms with Crippen LogP contribution in [-0.2, 0) is 20.7 Å². The van der Waals surface area contributed by atoms with Crippen molar-refractivity contribution in [2.45, 2.75) is 86.5 Å². The van der Waals surface area contributed by atoms with Crippen molar-refractivity contribution in [1.29, 1.82) is 0 Å². The van der Waals surface area contributed by atoms with Gasteiger partial charge in [0.05, 0.1) is 24.5 Å². The van der Waals surface area contributed by atoms with Crippen LogP contribution in [0, 0.1) is 22.7 Å². The number of unbranched alkanes of at least 4 members (excludes halogenated alkanes) is 3. The topological polar surface area (TPSA) is 85.9 Å². The Labute approximate surface area is 231 Å². The molecule has 0 saturated carbocycles. The van der Waals surface area contributed by atoms with E-state index in [0.29, 0.717) is 19.8 Å². The van der Waals surface area contributed by atoms with Gasteiger partial charge in [-0.05, 0) is 62.6 Å². The van der Waals surface area contributed by atoms with Crippen LogP contribution in [0.25, 0.3) is 0 Å². The lowest BCUT2D eigenvalue weighted by atomic mass is 9.65. The number of ether oxygens (including phenoxy) is 3. The molecule has 0 bridgehead atoms. The predicted octanol–water partition coefficient (Wildman–Crippen LogP) is 5.79. The van der Waals surface area contributed by atoms with Gasteiger partial charge in [0.1, 0.15) is 0 Å². The van der Waals surface area contributed by atoms with Gasteiger partial charge in [-0.15, -0.1) is 0 Å². The summed E-state index contributed by atoms with van der Waals surface area (Å²) in [6.07, 6.45) is 6.92. The summed E-state index contributed by atoms with van der Waals surface area (Å²) >= 11 is 0. The number of hydrogen-bond donors (Lipinski definition) is 2. The van der Waals surface area contributed by atoms with Crippen LogP contribution < -0.4 is 20.1 Å². The molecule has 1 aromatic carbocycles. The highest BCUT2D eigenvalue weighted by Crippen LogP contribution is 2.41. The maximum Gasteiger partial charge on any atom is 0.227 e. The number of carbonyl (C=O) groups excluding carboxylic acids is 2. The first-order valence-corrected chi connectivity index (χ1v) is 14.2. The van der Waals surface area contributed by atoms with Gasteiger partial charge in [0, 0.05) is 33.7 Å². The van der Waals surface area contributed by atoms with Crippen LogP contribution in [0.1, 0.15) is 85.6 Å². The summed E-state index contributed by atoms with van der Waals surface area (Å²) in [7, 11) is 4.98. The largest absolute Gasteiger partial charge is 0.493 e. The average molecular weight is 535 g/mol. The highest BCUT2D eigenvalue weighted by Gasteiger charge is 2.44. The molecule has 0 aliphatic heterocycles. The quantitative estimate of drug-likeness (QED) is 0.219. The molecule has 2 amide bonds. The van der Waals surface area contributed by atoms with Crippen molar-refractivity contribution in [3.63, 3.8) is 0 Å². The number of carbonyl (C=O) groups is 2. The molecule has 0 fully saturated rings. The maximum absolute atomic E-state index is 13.5. The van der Waals surface area contributed by atoms with Crippen LogP contribution in [0.2, 0.25) is 0 Å². The molecule has 7 nitrogen and oxygen atoms in total. The van der Waals surface area contributed by atoms with Crippen molar-refractivity contribution in [3.05, 3.63) is 23.8 Å². The van der Waals surface area contributed by atoms with Crippen molar-refractivity contribution in [3.8, 4) is 11.5 Å². The first-order valence-electron chi connectivity index (χ1n) is 14.2. The summed E-state index contributed by atoms with van der Waals surface area (Å²) in [5.41, 5.74) is 0.133. The summed E-state index contributed by atoms with van der Waals surface area (Å²) in [5.74, 6) is 1.93. The molecule has 2 N–H and O–H groups in total. The normalized spacial score (nSPS) is 12.1. The van der Waals surface area contributed by atoms with Crippen LogP contribution in [0.4, 0.5) is 0 Å². The molecular formula is C31H54N2O5. The molecule has 7 heteroatoms. The first kappa shape index (κ1) is 33.7. The van der Waals surface area contributed by atoms with Gasteiger partial charge in [0.15, 0.2) is 11.5 Å². The molecular weight excluding hydrogens is 480 g/mol. The monoisotopic (exact) mass is 534 g/mol. The van der Waals surface area contributed by atoms with Crippen LogP contribution in [0.5, 0.6) is 11.5 Å². The molecule has 38 heavy (non-hydrogen) atoms. The van der Waals surface area contributed by atoms with Crippen LogP contribution in [0.3, 0.4) is 0 Å². The summed E-state index contributed by atoms with van der Waals surface area (Å²) in [5, 5.41) is 5.82. The Kier molecular flexibility index (Phi) is 14.8. The molecule has 0 heterocycles. The minimum Gasteiger partial charge on any atom is -0.493 e. The van der Waals surface area contributed by atoms with E-state index in [2.05, 4.69) is 50.5 Å². The fraction of sp³-hybridized carbons (Fsp3) is 0.742. The van der Waals surface area contributed by atoms with Crippen molar-refractivity contribution >= 4 is 11.8 Å². The van der Waals surface area contributed by atoms with E-state index >= 15 is 0 Å². The third-order valence-corrected chi connectivity index (χ3v) is 7.80. The van der Waals surface area contributed by atoms with Crippen molar-refractivity contribution in [2.75, 3.05) is 41.0 Å². The molecule has 0 aliphatic rings. The summed E-state index contributed by atoms with van der Waals surface area (Å²) in [4.78, 5) is 25.7. The zero-order chi connectivity index (χ0) is 28.8. The second kappa shape index (κ2) is 16.6. The van der Waals surface area contributed by atoms with E-state index in [-0.39, 0.29) is 23.7 Å². The van der Waals surface area contributed by atoms with Gasteiger partial charge in [0.2, 0.25) is 11.8 Å². The number of methoxy groups -OCH3 is 2. The lowest BCUT2D eigenvalue weighted by Gasteiger charge is -2.41. The van der Waals surface area contributed by atoms with Crippen molar-refractivity contribution < 1.29 is 23.8 Å². The lowest BCUT2D eigenvalue weighted by molar-refractivity contribution is -0.139. The van der Waals surface area contributed by atoms with E-state index in [1.807, 2.05) is 19.9 Å².